The minimum Gasteiger partial charge on any atom is -0.480 e. The van der Waals surface area contributed by atoms with Gasteiger partial charge in [-0.25, -0.2) is 4.79 Å². The number of carboxylic acid groups (broad SMARTS) is 1. The van der Waals surface area contributed by atoms with E-state index < -0.39 is 68.1 Å². The third-order valence-electron chi connectivity index (χ3n) is 5.76. The summed E-state index contributed by atoms with van der Waals surface area (Å²) in [4.78, 5) is 58.5. The van der Waals surface area contributed by atoms with Gasteiger partial charge in [-0.2, -0.15) is 0 Å². The van der Waals surface area contributed by atoms with Crippen LogP contribution < -0.4 is 10.6 Å². The third-order valence-corrected chi connectivity index (χ3v) is 7.31. The van der Waals surface area contributed by atoms with E-state index in [1.165, 1.54) is 20.8 Å². The van der Waals surface area contributed by atoms with Crippen molar-refractivity contribution in [1.82, 2.24) is 10.6 Å². The maximum Gasteiger partial charge on any atom is 0.412 e. The summed E-state index contributed by atoms with van der Waals surface area (Å²) in [5.74, 6) is -4.16. The second-order valence-electron chi connectivity index (χ2n) is 9.81. The topological polar surface area (TPSA) is 178 Å². The summed E-state index contributed by atoms with van der Waals surface area (Å²) < 4.78 is 28.0. The van der Waals surface area contributed by atoms with Crippen LogP contribution in [0.25, 0.3) is 11.1 Å². The van der Waals surface area contributed by atoms with Gasteiger partial charge in [0.2, 0.25) is 12.2 Å². The molecule has 13 heteroatoms. The van der Waals surface area contributed by atoms with E-state index in [4.69, 9.17) is 14.0 Å². The second-order valence-corrected chi connectivity index (χ2v) is 11.7. The SMILES string of the molecule is CC(NC(=O)OC(C)OC(=O)C(C)C)OP(=O)(O)CC(Cc1ccc(-c2ccccc2)cc1)C(=O)NC(C)C(=O)O. The van der Waals surface area contributed by atoms with E-state index in [2.05, 4.69) is 10.6 Å². The van der Waals surface area contributed by atoms with Gasteiger partial charge in [0.25, 0.3) is 0 Å². The molecule has 41 heavy (non-hydrogen) atoms. The Morgan fingerprint density at radius 3 is 2.00 bits per heavy atom. The molecule has 4 N–H and O–H groups in total. The number of esters is 1. The highest BCUT2D eigenvalue weighted by molar-refractivity contribution is 7.52. The molecule has 2 aromatic rings. The molecular formula is C28H37N2O10P. The lowest BCUT2D eigenvalue weighted by Crippen LogP contribution is -2.43. The molecule has 12 nitrogen and oxygen atoms in total. The molecule has 0 aliphatic heterocycles. The van der Waals surface area contributed by atoms with Gasteiger partial charge in [0.15, 0.2) is 0 Å². The fourth-order valence-corrected chi connectivity index (χ4v) is 5.14. The number of aliphatic carboxylic acids is 1. The zero-order valence-corrected chi connectivity index (χ0v) is 24.5. The Morgan fingerprint density at radius 2 is 1.44 bits per heavy atom. The number of benzene rings is 2. The number of ether oxygens (including phenoxy) is 2. The molecule has 0 aliphatic carbocycles. The van der Waals surface area contributed by atoms with E-state index in [9.17, 15) is 33.7 Å². The molecular weight excluding hydrogens is 555 g/mol. The fraction of sp³-hybridized carbons (Fsp3) is 0.429. The molecule has 0 saturated heterocycles. The first kappa shape index (κ1) is 33.5. The first-order chi connectivity index (χ1) is 19.2. The summed E-state index contributed by atoms with van der Waals surface area (Å²) in [6.45, 7) is 7.10. The second kappa shape index (κ2) is 15.3. The lowest BCUT2D eigenvalue weighted by Gasteiger charge is -2.24. The third kappa shape index (κ3) is 11.7. The van der Waals surface area contributed by atoms with E-state index in [-0.39, 0.29) is 6.42 Å². The van der Waals surface area contributed by atoms with Gasteiger partial charge in [-0.15, -0.1) is 0 Å². The lowest BCUT2D eigenvalue weighted by atomic mass is 9.97. The maximum atomic E-state index is 13.0. The minimum atomic E-state index is -4.51. The summed E-state index contributed by atoms with van der Waals surface area (Å²) in [6.07, 6.45) is -4.24. The Morgan fingerprint density at radius 1 is 0.854 bits per heavy atom. The summed E-state index contributed by atoms with van der Waals surface area (Å²) in [7, 11) is -4.51. The van der Waals surface area contributed by atoms with Gasteiger partial charge in [0.05, 0.1) is 18.0 Å². The molecule has 0 fully saturated rings. The molecule has 0 saturated carbocycles. The standard InChI is InChI=1S/C28H37N2O10P/c1-17(2)27(34)38-20(5)39-28(35)30-19(4)40-41(36,37)16-24(25(31)29-18(3)26(32)33)15-21-11-13-23(14-12-21)22-9-7-6-8-10-22/h6-14,17-20,24H,15-16H2,1-5H3,(H,29,31)(H,30,35)(H,32,33)(H,36,37). The van der Waals surface area contributed by atoms with Crippen molar-refractivity contribution in [2.75, 3.05) is 6.16 Å². The maximum absolute atomic E-state index is 13.0. The van der Waals surface area contributed by atoms with Crippen LogP contribution >= 0.6 is 7.60 Å². The first-order valence-electron chi connectivity index (χ1n) is 13.0. The summed E-state index contributed by atoms with van der Waals surface area (Å²) in [5, 5.41) is 13.7. The molecule has 2 rings (SSSR count). The van der Waals surface area contributed by atoms with Gasteiger partial charge in [-0.1, -0.05) is 68.4 Å². The van der Waals surface area contributed by atoms with Gasteiger partial charge in [0, 0.05) is 6.92 Å². The van der Waals surface area contributed by atoms with Crippen LogP contribution in [0.4, 0.5) is 4.79 Å². The number of alkyl carbamates (subject to hydrolysis) is 1. The van der Waals surface area contributed by atoms with Crippen LogP contribution in [0.2, 0.25) is 0 Å². The number of rotatable bonds is 14. The summed E-state index contributed by atoms with van der Waals surface area (Å²) in [6, 6.07) is 15.6. The normalized spacial score (nSPS) is 15.5. The number of carboxylic acids is 1. The average Bonchev–Trinajstić information content (AvgIpc) is 2.88. The minimum absolute atomic E-state index is 0.0176. The van der Waals surface area contributed by atoms with Crippen molar-refractivity contribution in [2.24, 2.45) is 11.8 Å². The lowest BCUT2D eigenvalue weighted by molar-refractivity contribution is -0.168. The van der Waals surface area contributed by atoms with Crippen LogP contribution in [-0.4, -0.2) is 58.7 Å². The van der Waals surface area contributed by atoms with E-state index in [1.54, 1.807) is 26.0 Å². The van der Waals surface area contributed by atoms with Crippen molar-refractivity contribution in [3.8, 4) is 11.1 Å². The Bertz CT molecular complexity index is 1240. The average molecular weight is 593 g/mol. The predicted molar refractivity (Wildman–Crippen MR) is 150 cm³/mol. The van der Waals surface area contributed by atoms with Crippen molar-refractivity contribution in [3.05, 3.63) is 60.2 Å². The van der Waals surface area contributed by atoms with Crippen molar-refractivity contribution in [1.29, 1.82) is 0 Å². The molecule has 2 amide bonds. The van der Waals surface area contributed by atoms with Crippen molar-refractivity contribution >= 4 is 31.5 Å². The summed E-state index contributed by atoms with van der Waals surface area (Å²) in [5.41, 5.74) is 2.60. The quantitative estimate of drug-likeness (QED) is 0.143. The van der Waals surface area contributed by atoms with Gasteiger partial charge in [-0.3, -0.25) is 28.8 Å². The first-order valence-corrected chi connectivity index (χ1v) is 14.8. The fourth-order valence-electron chi connectivity index (χ4n) is 3.65. The monoisotopic (exact) mass is 592 g/mol. The van der Waals surface area contributed by atoms with Crippen LogP contribution in [0, 0.1) is 11.8 Å². The van der Waals surface area contributed by atoms with Crippen LogP contribution in [0.1, 0.15) is 40.2 Å². The van der Waals surface area contributed by atoms with E-state index in [0.29, 0.717) is 5.56 Å². The molecule has 0 heterocycles. The highest BCUT2D eigenvalue weighted by Gasteiger charge is 2.33. The molecule has 224 valence electrons. The van der Waals surface area contributed by atoms with Crippen LogP contribution in [0.5, 0.6) is 0 Å². The van der Waals surface area contributed by atoms with Crippen LogP contribution in [0.3, 0.4) is 0 Å². The van der Waals surface area contributed by atoms with Crippen molar-refractivity contribution in [2.45, 2.75) is 59.6 Å². The van der Waals surface area contributed by atoms with Gasteiger partial charge in [0.1, 0.15) is 12.3 Å². The van der Waals surface area contributed by atoms with Crippen LogP contribution in [-0.2, 0) is 39.4 Å². The van der Waals surface area contributed by atoms with Crippen molar-refractivity contribution in [3.63, 3.8) is 0 Å². The Hall–Kier alpha value is -3.73. The molecule has 5 unspecified atom stereocenters. The molecule has 0 bridgehead atoms. The Balaban J connectivity index is 2.08. The number of hydrogen-bond donors (Lipinski definition) is 4. The largest absolute Gasteiger partial charge is 0.480 e. The van der Waals surface area contributed by atoms with E-state index >= 15 is 0 Å². The van der Waals surface area contributed by atoms with Crippen LogP contribution in [0.15, 0.2) is 54.6 Å². The molecule has 0 radical (unpaired) electrons. The summed E-state index contributed by atoms with van der Waals surface area (Å²) >= 11 is 0. The number of carbonyl (C=O) groups is 4. The highest BCUT2D eigenvalue weighted by Crippen LogP contribution is 2.45. The van der Waals surface area contributed by atoms with Gasteiger partial charge < -0.3 is 24.8 Å². The number of nitrogens with one attached hydrogen (secondary N) is 2. The molecule has 0 spiro atoms. The molecule has 2 aromatic carbocycles. The van der Waals surface area contributed by atoms with Gasteiger partial charge >= 0.3 is 25.6 Å². The number of hydrogen-bond acceptors (Lipinski definition) is 8. The number of amides is 2. The Labute approximate surface area is 238 Å². The molecule has 0 aromatic heterocycles. The smallest absolute Gasteiger partial charge is 0.412 e. The highest BCUT2D eigenvalue weighted by atomic mass is 31.2. The van der Waals surface area contributed by atoms with E-state index in [0.717, 1.165) is 11.1 Å². The molecule has 5 atom stereocenters. The Kier molecular flexibility index (Phi) is 12.5. The van der Waals surface area contributed by atoms with Crippen molar-refractivity contribution < 1.29 is 47.7 Å². The van der Waals surface area contributed by atoms with Gasteiger partial charge in [-0.05, 0) is 37.0 Å². The predicted octanol–water partition coefficient (Wildman–Crippen LogP) is 3.92. The number of carbonyl (C=O) groups excluding carboxylic acids is 3. The van der Waals surface area contributed by atoms with E-state index in [1.807, 2.05) is 42.5 Å². The zero-order valence-electron chi connectivity index (χ0n) is 23.6. The molecule has 0 aliphatic rings. The zero-order chi connectivity index (χ0) is 30.7.